The van der Waals surface area contributed by atoms with Crippen LogP contribution >= 0.6 is 11.3 Å². The summed E-state index contributed by atoms with van der Waals surface area (Å²) in [6.45, 7) is 5.40. The Morgan fingerprint density at radius 3 is 3.28 bits per heavy atom. The number of hydrogen-bond acceptors (Lipinski definition) is 5. The molecule has 0 aromatic carbocycles. The van der Waals surface area contributed by atoms with Gasteiger partial charge in [-0.2, -0.15) is 0 Å². The second kappa shape index (κ2) is 6.29. The number of hydrazine groups is 1. The van der Waals surface area contributed by atoms with E-state index in [1.165, 1.54) is 11.3 Å². The molecule has 100 valence electrons. The number of nitrogens with zero attached hydrogens (tertiary/aromatic N) is 1. The van der Waals surface area contributed by atoms with E-state index in [0.717, 1.165) is 38.3 Å². The third-order valence-electron chi connectivity index (χ3n) is 3.28. The number of ether oxygens (including phenoxy) is 1. The summed E-state index contributed by atoms with van der Waals surface area (Å²) < 4.78 is 5.48. The van der Waals surface area contributed by atoms with Crippen molar-refractivity contribution < 1.29 is 9.53 Å². The molecule has 1 aromatic heterocycles. The van der Waals surface area contributed by atoms with E-state index in [4.69, 9.17) is 10.6 Å². The molecular weight excluding hydrogens is 250 g/mol. The highest BCUT2D eigenvalue weighted by atomic mass is 32.1. The van der Waals surface area contributed by atoms with Gasteiger partial charge in [0, 0.05) is 19.1 Å². The van der Waals surface area contributed by atoms with Crippen LogP contribution in [-0.2, 0) is 11.3 Å². The molecule has 1 amide bonds. The molecule has 1 unspecified atom stereocenters. The molecule has 3 N–H and O–H groups in total. The third kappa shape index (κ3) is 2.89. The monoisotopic (exact) mass is 269 g/mol. The van der Waals surface area contributed by atoms with Crippen LogP contribution in [0, 0.1) is 0 Å². The molecule has 2 rings (SSSR count). The van der Waals surface area contributed by atoms with Gasteiger partial charge in [0.15, 0.2) is 0 Å². The zero-order valence-corrected chi connectivity index (χ0v) is 11.3. The molecule has 1 aromatic rings. The molecule has 0 bridgehead atoms. The fourth-order valence-electron chi connectivity index (χ4n) is 2.22. The molecule has 6 heteroatoms. The van der Waals surface area contributed by atoms with Crippen molar-refractivity contribution in [2.45, 2.75) is 25.9 Å². The highest BCUT2D eigenvalue weighted by Gasteiger charge is 2.23. The number of carbonyl (C=O) groups is 1. The standard InChI is InChI=1S/C12H19N3O2S/c1-2-10-8-17-5-4-15(10)7-9-3-6-18-11(9)12(16)14-13/h3,6,10H,2,4-5,7-8,13H2,1H3,(H,14,16). The van der Waals surface area contributed by atoms with Gasteiger partial charge in [0.1, 0.15) is 0 Å². The van der Waals surface area contributed by atoms with Crippen molar-refractivity contribution in [3.63, 3.8) is 0 Å². The Labute approximate surface area is 111 Å². The molecule has 1 atom stereocenters. The fraction of sp³-hybridized carbons (Fsp3) is 0.583. The first-order valence-electron chi connectivity index (χ1n) is 6.15. The van der Waals surface area contributed by atoms with E-state index >= 15 is 0 Å². The van der Waals surface area contributed by atoms with Crippen LogP contribution in [0.15, 0.2) is 11.4 Å². The average Bonchev–Trinajstić information content (AvgIpc) is 2.86. The number of nitrogens with one attached hydrogen (secondary N) is 1. The maximum absolute atomic E-state index is 11.6. The van der Waals surface area contributed by atoms with Gasteiger partial charge in [0.2, 0.25) is 0 Å². The third-order valence-corrected chi connectivity index (χ3v) is 4.23. The van der Waals surface area contributed by atoms with Gasteiger partial charge in [-0.3, -0.25) is 15.1 Å². The van der Waals surface area contributed by atoms with E-state index < -0.39 is 0 Å². The quantitative estimate of drug-likeness (QED) is 0.485. The number of rotatable bonds is 4. The van der Waals surface area contributed by atoms with Crippen molar-refractivity contribution in [1.29, 1.82) is 0 Å². The molecule has 18 heavy (non-hydrogen) atoms. The highest BCUT2D eigenvalue weighted by Crippen LogP contribution is 2.21. The molecule has 1 saturated heterocycles. The van der Waals surface area contributed by atoms with Gasteiger partial charge in [0.05, 0.1) is 18.1 Å². The molecule has 1 aliphatic heterocycles. The highest BCUT2D eigenvalue weighted by molar-refractivity contribution is 7.12. The summed E-state index contributed by atoms with van der Waals surface area (Å²) in [4.78, 5) is 14.7. The first kappa shape index (κ1) is 13.5. The van der Waals surface area contributed by atoms with Crippen LogP contribution in [0.25, 0.3) is 0 Å². The number of nitrogen functional groups attached to an aromatic ring is 1. The number of hydrogen-bond donors (Lipinski definition) is 2. The topological polar surface area (TPSA) is 67.6 Å². The van der Waals surface area contributed by atoms with Gasteiger partial charge >= 0.3 is 0 Å². The van der Waals surface area contributed by atoms with Gasteiger partial charge in [0.25, 0.3) is 5.91 Å². The van der Waals surface area contributed by atoms with Gasteiger partial charge in [-0.15, -0.1) is 11.3 Å². The Morgan fingerprint density at radius 1 is 1.72 bits per heavy atom. The van der Waals surface area contributed by atoms with E-state index in [2.05, 4.69) is 17.2 Å². The van der Waals surface area contributed by atoms with Crippen LogP contribution in [-0.4, -0.2) is 36.6 Å². The second-order valence-electron chi connectivity index (χ2n) is 4.36. The summed E-state index contributed by atoms with van der Waals surface area (Å²) in [5.74, 6) is 4.99. The van der Waals surface area contributed by atoms with Crippen molar-refractivity contribution in [1.82, 2.24) is 10.3 Å². The Balaban J connectivity index is 2.08. The SMILES string of the molecule is CCC1COCCN1Cc1ccsc1C(=O)NN. The van der Waals surface area contributed by atoms with Crippen LogP contribution < -0.4 is 11.3 Å². The van der Waals surface area contributed by atoms with E-state index in [1.54, 1.807) is 0 Å². The molecule has 0 saturated carbocycles. The molecule has 0 radical (unpaired) electrons. The van der Waals surface area contributed by atoms with Crippen molar-refractivity contribution in [2.24, 2.45) is 5.84 Å². The number of carbonyl (C=O) groups excluding carboxylic acids is 1. The summed E-state index contributed by atoms with van der Waals surface area (Å²) >= 11 is 1.43. The van der Waals surface area contributed by atoms with Crippen LogP contribution in [0.2, 0.25) is 0 Å². The van der Waals surface area contributed by atoms with Crippen molar-refractivity contribution in [3.05, 3.63) is 21.9 Å². The summed E-state index contributed by atoms with van der Waals surface area (Å²) in [6, 6.07) is 2.43. The van der Waals surface area contributed by atoms with Crippen LogP contribution in [0.1, 0.15) is 28.6 Å². The van der Waals surface area contributed by atoms with Gasteiger partial charge < -0.3 is 4.74 Å². The minimum absolute atomic E-state index is 0.207. The number of thiophene rings is 1. The zero-order valence-electron chi connectivity index (χ0n) is 10.5. The first-order chi connectivity index (χ1) is 8.76. The molecule has 0 spiro atoms. The molecule has 1 fully saturated rings. The van der Waals surface area contributed by atoms with Crippen LogP contribution in [0.3, 0.4) is 0 Å². The van der Waals surface area contributed by atoms with Crippen LogP contribution in [0.4, 0.5) is 0 Å². The van der Waals surface area contributed by atoms with E-state index in [0.29, 0.717) is 10.9 Å². The normalized spacial score (nSPS) is 20.9. The Morgan fingerprint density at radius 2 is 2.56 bits per heavy atom. The largest absolute Gasteiger partial charge is 0.378 e. The Hall–Kier alpha value is -0.950. The average molecular weight is 269 g/mol. The Kier molecular flexibility index (Phi) is 4.71. The lowest BCUT2D eigenvalue weighted by molar-refractivity contribution is -0.0127. The first-order valence-corrected chi connectivity index (χ1v) is 7.03. The van der Waals surface area contributed by atoms with Crippen molar-refractivity contribution >= 4 is 17.2 Å². The van der Waals surface area contributed by atoms with Crippen molar-refractivity contribution in [2.75, 3.05) is 19.8 Å². The lowest BCUT2D eigenvalue weighted by atomic mass is 10.1. The molecule has 2 heterocycles. The van der Waals surface area contributed by atoms with Crippen LogP contribution in [0.5, 0.6) is 0 Å². The molecule has 0 aliphatic carbocycles. The minimum atomic E-state index is -0.207. The maximum atomic E-state index is 11.6. The number of nitrogens with two attached hydrogens (primary N) is 1. The lowest BCUT2D eigenvalue weighted by Gasteiger charge is -2.35. The van der Waals surface area contributed by atoms with Crippen molar-refractivity contribution in [3.8, 4) is 0 Å². The summed E-state index contributed by atoms with van der Waals surface area (Å²) in [5.41, 5.74) is 3.24. The van der Waals surface area contributed by atoms with Gasteiger partial charge in [-0.05, 0) is 23.4 Å². The fourth-order valence-corrected chi connectivity index (χ4v) is 3.04. The summed E-state index contributed by atoms with van der Waals surface area (Å²) in [5, 5.41) is 1.93. The molecular formula is C12H19N3O2S. The van der Waals surface area contributed by atoms with E-state index in [9.17, 15) is 4.79 Å². The van der Waals surface area contributed by atoms with Gasteiger partial charge in [-0.1, -0.05) is 6.92 Å². The van der Waals surface area contributed by atoms with Gasteiger partial charge in [-0.25, -0.2) is 5.84 Å². The minimum Gasteiger partial charge on any atom is -0.378 e. The molecule has 1 aliphatic rings. The maximum Gasteiger partial charge on any atom is 0.275 e. The van der Waals surface area contributed by atoms with E-state index in [-0.39, 0.29) is 5.91 Å². The summed E-state index contributed by atoms with van der Waals surface area (Å²) in [6.07, 6.45) is 1.06. The summed E-state index contributed by atoms with van der Waals surface area (Å²) in [7, 11) is 0. The lowest BCUT2D eigenvalue weighted by Crippen LogP contribution is -2.44. The molecule has 5 nitrogen and oxygen atoms in total. The predicted octanol–water partition coefficient (Wildman–Crippen LogP) is 0.962. The predicted molar refractivity (Wildman–Crippen MR) is 71.3 cm³/mol. The number of morpholine rings is 1. The smallest absolute Gasteiger partial charge is 0.275 e. The second-order valence-corrected chi connectivity index (χ2v) is 5.27. The van der Waals surface area contributed by atoms with E-state index in [1.807, 2.05) is 11.4 Å². The Bertz CT molecular complexity index is 408. The zero-order chi connectivity index (χ0) is 13.0. The number of amides is 1.